The molecule has 0 saturated heterocycles. The van der Waals surface area contributed by atoms with Crippen LogP contribution in [0.25, 0.3) is 0 Å². The van der Waals surface area contributed by atoms with E-state index in [2.05, 4.69) is 10.6 Å². The molecule has 0 spiro atoms. The van der Waals surface area contributed by atoms with E-state index in [-0.39, 0.29) is 18.4 Å². The molecule has 0 aliphatic heterocycles. The number of hydrogen-bond acceptors (Lipinski definition) is 4. The lowest BCUT2D eigenvalue weighted by atomic mass is 10.1. The lowest BCUT2D eigenvalue weighted by molar-refractivity contribution is -0.120. The zero-order valence-corrected chi connectivity index (χ0v) is 16.1. The third kappa shape index (κ3) is 6.49. The Morgan fingerprint density at radius 1 is 0.963 bits per heavy atom. The molecule has 0 aliphatic carbocycles. The topological polar surface area (TPSA) is 76.7 Å². The van der Waals surface area contributed by atoms with Crippen LogP contribution < -0.4 is 20.1 Å². The summed E-state index contributed by atoms with van der Waals surface area (Å²) in [5.41, 5.74) is 1.55. The van der Waals surface area contributed by atoms with E-state index in [0.717, 1.165) is 18.4 Å². The molecule has 0 atom stereocenters. The first-order valence-electron chi connectivity index (χ1n) is 8.55. The van der Waals surface area contributed by atoms with Crippen LogP contribution >= 0.6 is 11.6 Å². The lowest BCUT2D eigenvalue weighted by Gasteiger charge is -2.10. The molecule has 2 rings (SSSR count). The van der Waals surface area contributed by atoms with Crippen molar-refractivity contribution in [2.24, 2.45) is 0 Å². The molecule has 0 radical (unpaired) electrons. The molecule has 7 heteroatoms. The van der Waals surface area contributed by atoms with Gasteiger partial charge in [0.2, 0.25) is 5.91 Å². The van der Waals surface area contributed by atoms with Gasteiger partial charge in [-0.25, -0.2) is 0 Å². The number of amides is 2. The van der Waals surface area contributed by atoms with Crippen molar-refractivity contribution in [3.63, 3.8) is 0 Å². The molecule has 0 unspecified atom stereocenters. The van der Waals surface area contributed by atoms with Crippen molar-refractivity contribution in [3.05, 3.63) is 58.6 Å². The molecule has 0 fully saturated rings. The molecule has 6 nitrogen and oxygen atoms in total. The highest BCUT2D eigenvalue weighted by Gasteiger charge is 2.11. The van der Waals surface area contributed by atoms with Crippen molar-refractivity contribution >= 4 is 23.4 Å². The molecule has 2 N–H and O–H groups in total. The van der Waals surface area contributed by atoms with Gasteiger partial charge >= 0.3 is 0 Å². The Morgan fingerprint density at radius 2 is 1.67 bits per heavy atom. The van der Waals surface area contributed by atoms with Gasteiger partial charge in [-0.3, -0.25) is 9.59 Å². The summed E-state index contributed by atoms with van der Waals surface area (Å²) < 4.78 is 10.3. The second-order valence-electron chi connectivity index (χ2n) is 5.83. The fraction of sp³-hybridized carbons (Fsp3) is 0.300. The fourth-order valence-corrected chi connectivity index (χ4v) is 2.60. The predicted octanol–water partition coefficient (Wildman–Crippen LogP) is 2.84. The number of benzene rings is 2. The van der Waals surface area contributed by atoms with Crippen molar-refractivity contribution < 1.29 is 19.1 Å². The Hall–Kier alpha value is -2.73. The van der Waals surface area contributed by atoms with E-state index in [9.17, 15) is 9.59 Å². The smallest absolute Gasteiger partial charge is 0.251 e. The van der Waals surface area contributed by atoms with Crippen LogP contribution in [0.1, 0.15) is 22.3 Å². The van der Waals surface area contributed by atoms with Crippen LogP contribution in [0.3, 0.4) is 0 Å². The van der Waals surface area contributed by atoms with Crippen LogP contribution in [-0.4, -0.2) is 39.1 Å². The van der Waals surface area contributed by atoms with Crippen LogP contribution in [-0.2, 0) is 11.2 Å². The molecule has 0 aliphatic rings. The molecule has 2 amide bonds. The number of nitrogens with one attached hydrogen (secondary N) is 2. The molecule has 2 aromatic carbocycles. The predicted molar refractivity (Wildman–Crippen MR) is 105 cm³/mol. The van der Waals surface area contributed by atoms with Gasteiger partial charge in [-0.15, -0.1) is 0 Å². The summed E-state index contributed by atoms with van der Waals surface area (Å²) in [5.74, 6) is 0.400. The van der Waals surface area contributed by atoms with Gasteiger partial charge in [0.1, 0.15) is 0 Å². The molecule has 0 heterocycles. The number of methoxy groups -OCH3 is 2. The van der Waals surface area contributed by atoms with Gasteiger partial charge in [0.25, 0.3) is 5.91 Å². The van der Waals surface area contributed by atoms with Gasteiger partial charge < -0.3 is 20.1 Å². The minimum Gasteiger partial charge on any atom is -0.493 e. The molecule has 0 aromatic heterocycles. The van der Waals surface area contributed by atoms with E-state index in [1.165, 1.54) is 14.2 Å². The monoisotopic (exact) mass is 390 g/mol. The van der Waals surface area contributed by atoms with Gasteiger partial charge in [-0.2, -0.15) is 0 Å². The van der Waals surface area contributed by atoms with Crippen molar-refractivity contribution in [3.8, 4) is 11.5 Å². The van der Waals surface area contributed by atoms with Crippen LogP contribution in [0.15, 0.2) is 42.5 Å². The van der Waals surface area contributed by atoms with Crippen LogP contribution in [0.5, 0.6) is 11.5 Å². The highest BCUT2D eigenvalue weighted by atomic mass is 35.5. The summed E-state index contributed by atoms with van der Waals surface area (Å²) in [4.78, 5) is 24.0. The van der Waals surface area contributed by atoms with Gasteiger partial charge in [-0.1, -0.05) is 23.7 Å². The van der Waals surface area contributed by atoms with E-state index < -0.39 is 0 Å². The molecule has 0 bridgehead atoms. The SMILES string of the molecule is COc1ccc(C(=O)NCC(=O)NCCCc2ccc(Cl)cc2)cc1OC. The third-order valence-electron chi connectivity index (χ3n) is 3.93. The van der Waals surface area contributed by atoms with E-state index in [0.29, 0.717) is 28.6 Å². The number of hydrogen-bond donors (Lipinski definition) is 2. The maximum Gasteiger partial charge on any atom is 0.251 e. The molecule has 2 aromatic rings. The standard InChI is InChI=1S/C20H23ClN2O4/c1-26-17-10-7-15(12-18(17)27-2)20(25)23-13-19(24)22-11-3-4-14-5-8-16(21)9-6-14/h5-10,12H,3-4,11,13H2,1-2H3,(H,22,24)(H,23,25). The Morgan fingerprint density at radius 3 is 2.33 bits per heavy atom. The van der Waals surface area contributed by atoms with Crippen LogP contribution in [0.2, 0.25) is 5.02 Å². The number of ether oxygens (including phenoxy) is 2. The maximum absolute atomic E-state index is 12.2. The van der Waals surface area contributed by atoms with Crippen LogP contribution in [0, 0.1) is 0 Å². The number of halogens is 1. The summed E-state index contributed by atoms with van der Waals surface area (Å²) in [7, 11) is 3.02. The number of carbonyl (C=O) groups excluding carboxylic acids is 2. The summed E-state index contributed by atoms with van der Waals surface area (Å²) in [5, 5.41) is 6.08. The first-order chi connectivity index (χ1) is 13.0. The Labute approximate surface area is 163 Å². The van der Waals surface area contributed by atoms with Gasteiger partial charge in [0.05, 0.1) is 20.8 Å². The van der Waals surface area contributed by atoms with E-state index in [1.807, 2.05) is 24.3 Å². The minimum absolute atomic E-state index is 0.0892. The van der Waals surface area contributed by atoms with Crippen molar-refractivity contribution in [2.75, 3.05) is 27.3 Å². The zero-order valence-electron chi connectivity index (χ0n) is 15.4. The van der Waals surface area contributed by atoms with Gasteiger partial charge in [0, 0.05) is 17.1 Å². The summed E-state index contributed by atoms with van der Waals surface area (Å²) in [6, 6.07) is 12.4. The van der Waals surface area contributed by atoms with Crippen molar-refractivity contribution in [2.45, 2.75) is 12.8 Å². The third-order valence-corrected chi connectivity index (χ3v) is 4.18. The van der Waals surface area contributed by atoms with E-state index >= 15 is 0 Å². The molecule has 27 heavy (non-hydrogen) atoms. The maximum atomic E-state index is 12.2. The van der Waals surface area contributed by atoms with Gasteiger partial charge in [0.15, 0.2) is 11.5 Å². The fourth-order valence-electron chi connectivity index (χ4n) is 2.47. The highest BCUT2D eigenvalue weighted by Crippen LogP contribution is 2.27. The molecule has 0 saturated carbocycles. The molecular formula is C20H23ClN2O4. The average molecular weight is 391 g/mol. The largest absolute Gasteiger partial charge is 0.493 e. The second-order valence-corrected chi connectivity index (χ2v) is 6.27. The highest BCUT2D eigenvalue weighted by molar-refractivity contribution is 6.30. The summed E-state index contributed by atoms with van der Waals surface area (Å²) >= 11 is 5.85. The lowest BCUT2D eigenvalue weighted by Crippen LogP contribution is -2.37. The van der Waals surface area contributed by atoms with Crippen molar-refractivity contribution in [1.82, 2.24) is 10.6 Å². The first kappa shape index (κ1) is 20.6. The Balaban J connectivity index is 1.71. The Kier molecular flexibility index (Phi) is 7.95. The minimum atomic E-state index is -0.354. The normalized spacial score (nSPS) is 10.2. The summed E-state index contributed by atoms with van der Waals surface area (Å²) in [6.07, 6.45) is 1.65. The number of rotatable bonds is 9. The van der Waals surface area contributed by atoms with Crippen molar-refractivity contribution in [1.29, 1.82) is 0 Å². The number of aryl methyl sites for hydroxylation is 1. The average Bonchev–Trinajstić information content (AvgIpc) is 2.70. The van der Waals surface area contributed by atoms with E-state index in [1.54, 1.807) is 18.2 Å². The van der Waals surface area contributed by atoms with Crippen LogP contribution in [0.4, 0.5) is 0 Å². The van der Waals surface area contributed by atoms with Gasteiger partial charge in [-0.05, 0) is 48.7 Å². The first-order valence-corrected chi connectivity index (χ1v) is 8.92. The molecular weight excluding hydrogens is 368 g/mol. The number of carbonyl (C=O) groups is 2. The zero-order chi connectivity index (χ0) is 19.6. The van der Waals surface area contributed by atoms with E-state index in [4.69, 9.17) is 21.1 Å². The Bertz CT molecular complexity index is 778. The quantitative estimate of drug-likeness (QED) is 0.645. The molecule has 144 valence electrons. The summed E-state index contributed by atoms with van der Waals surface area (Å²) in [6.45, 7) is 0.446. The second kappa shape index (κ2) is 10.4.